The molecule has 3 aromatic rings. The van der Waals surface area contributed by atoms with Crippen molar-refractivity contribution in [2.75, 3.05) is 24.7 Å². The highest BCUT2D eigenvalue weighted by Crippen LogP contribution is 2.31. The molecule has 0 aliphatic heterocycles. The third kappa shape index (κ3) is 4.81. The molecular formula is C17H17ClN4O3S2. The molecule has 142 valence electrons. The Balaban J connectivity index is 1.96. The predicted octanol–water partition coefficient (Wildman–Crippen LogP) is 2.77. The molecule has 27 heavy (non-hydrogen) atoms. The lowest BCUT2D eigenvalue weighted by atomic mass is 10.2. The molecule has 10 heteroatoms. The van der Waals surface area contributed by atoms with Gasteiger partial charge in [0.2, 0.25) is 15.9 Å². The van der Waals surface area contributed by atoms with E-state index in [2.05, 4.69) is 9.97 Å². The molecule has 0 fully saturated rings. The second kappa shape index (κ2) is 7.89. The second-order valence-electron chi connectivity index (χ2n) is 5.97. The van der Waals surface area contributed by atoms with Crippen molar-refractivity contribution in [1.29, 1.82) is 0 Å². The predicted molar refractivity (Wildman–Crippen MR) is 108 cm³/mol. The van der Waals surface area contributed by atoms with E-state index in [9.17, 15) is 13.2 Å². The van der Waals surface area contributed by atoms with Gasteiger partial charge >= 0.3 is 0 Å². The van der Waals surface area contributed by atoms with E-state index in [0.717, 1.165) is 26.3 Å². The maximum Gasteiger partial charge on any atom is 0.244 e. The van der Waals surface area contributed by atoms with E-state index < -0.39 is 10.0 Å². The minimum absolute atomic E-state index is 0.234. The molecule has 2 aromatic heterocycles. The first-order valence-electron chi connectivity index (χ1n) is 7.91. The fourth-order valence-corrected chi connectivity index (χ4v) is 3.93. The summed E-state index contributed by atoms with van der Waals surface area (Å²) in [6.07, 6.45) is 4.36. The number of rotatable bonds is 6. The molecule has 0 bridgehead atoms. The zero-order valence-electron chi connectivity index (χ0n) is 14.7. The van der Waals surface area contributed by atoms with Crippen LogP contribution in [-0.4, -0.2) is 48.4 Å². The van der Waals surface area contributed by atoms with Crippen molar-refractivity contribution in [1.82, 2.24) is 14.3 Å². The lowest BCUT2D eigenvalue weighted by Gasteiger charge is -2.22. The van der Waals surface area contributed by atoms with Crippen molar-refractivity contribution in [3.05, 3.63) is 53.3 Å². The van der Waals surface area contributed by atoms with Crippen LogP contribution in [0.2, 0.25) is 5.02 Å². The molecule has 3 rings (SSSR count). The smallest absolute Gasteiger partial charge is 0.244 e. The standard InChI is InChI=1S/C17H17ClN4O3S2/c1-21(27(2,24)25)11-16(23)22(10-12-4-3-7-19-9-12)17-20-14-6-5-13(18)8-15(14)26-17/h3-9H,10-11H2,1-2H3. The molecule has 2 heterocycles. The van der Waals surface area contributed by atoms with Gasteiger partial charge in [-0.3, -0.25) is 14.7 Å². The van der Waals surface area contributed by atoms with E-state index in [1.807, 2.05) is 6.07 Å². The molecule has 0 aliphatic rings. The number of pyridine rings is 1. The summed E-state index contributed by atoms with van der Waals surface area (Å²) in [5, 5.41) is 1.06. The number of carbonyl (C=O) groups excluding carboxylic acids is 1. The number of amides is 1. The highest BCUT2D eigenvalue weighted by molar-refractivity contribution is 7.88. The van der Waals surface area contributed by atoms with Gasteiger partial charge in [0.05, 0.1) is 29.6 Å². The topological polar surface area (TPSA) is 83.5 Å². The van der Waals surface area contributed by atoms with E-state index >= 15 is 0 Å². The molecule has 0 atom stereocenters. The molecule has 1 aromatic carbocycles. The van der Waals surface area contributed by atoms with Crippen LogP contribution in [0.1, 0.15) is 5.56 Å². The van der Waals surface area contributed by atoms with Crippen LogP contribution < -0.4 is 4.90 Å². The van der Waals surface area contributed by atoms with Crippen LogP contribution in [0.25, 0.3) is 10.2 Å². The van der Waals surface area contributed by atoms with Gasteiger partial charge in [0.15, 0.2) is 5.13 Å². The number of aromatic nitrogens is 2. The van der Waals surface area contributed by atoms with Crippen molar-refractivity contribution in [3.8, 4) is 0 Å². The highest BCUT2D eigenvalue weighted by atomic mass is 35.5. The first-order chi connectivity index (χ1) is 12.7. The fraction of sp³-hybridized carbons (Fsp3) is 0.235. The zero-order chi connectivity index (χ0) is 19.6. The summed E-state index contributed by atoms with van der Waals surface area (Å²) in [5.74, 6) is -0.378. The second-order valence-corrected chi connectivity index (χ2v) is 9.50. The zero-order valence-corrected chi connectivity index (χ0v) is 17.1. The number of fused-ring (bicyclic) bond motifs is 1. The van der Waals surface area contributed by atoms with Crippen molar-refractivity contribution in [3.63, 3.8) is 0 Å². The number of hydrogen-bond donors (Lipinski definition) is 0. The van der Waals surface area contributed by atoms with Crippen molar-refractivity contribution < 1.29 is 13.2 Å². The Morgan fingerprint density at radius 1 is 1.30 bits per heavy atom. The Labute approximate surface area is 166 Å². The fourth-order valence-electron chi connectivity index (χ4n) is 2.33. The number of nitrogens with zero attached hydrogens (tertiary/aromatic N) is 4. The van der Waals surface area contributed by atoms with Crippen LogP contribution in [-0.2, 0) is 21.4 Å². The SMILES string of the molecule is CN(CC(=O)N(Cc1cccnc1)c1nc2ccc(Cl)cc2s1)S(C)(=O)=O. The van der Waals surface area contributed by atoms with Crippen molar-refractivity contribution in [2.24, 2.45) is 0 Å². The van der Waals surface area contributed by atoms with Crippen LogP contribution in [0.3, 0.4) is 0 Å². The van der Waals surface area contributed by atoms with E-state index in [4.69, 9.17) is 11.6 Å². The Kier molecular flexibility index (Phi) is 5.75. The minimum Gasteiger partial charge on any atom is -0.282 e. The van der Waals surface area contributed by atoms with Gasteiger partial charge in [0.1, 0.15) is 0 Å². The molecule has 0 saturated carbocycles. The molecule has 0 spiro atoms. The third-order valence-corrected chi connectivity index (χ3v) is 6.40. The van der Waals surface area contributed by atoms with Gasteiger partial charge in [-0.25, -0.2) is 13.4 Å². The van der Waals surface area contributed by atoms with Gasteiger partial charge in [0, 0.05) is 24.5 Å². The number of likely N-dealkylation sites (N-methyl/N-ethyl adjacent to an activating group) is 1. The van der Waals surface area contributed by atoms with E-state index in [-0.39, 0.29) is 19.0 Å². The summed E-state index contributed by atoms with van der Waals surface area (Å²) in [7, 11) is -2.11. The van der Waals surface area contributed by atoms with Crippen molar-refractivity contribution in [2.45, 2.75) is 6.54 Å². The van der Waals surface area contributed by atoms with Gasteiger partial charge < -0.3 is 0 Å². The van der Waals surface area contributed by atoms with Gasteiger partial charge in [0.25, 0.3) is 0 Å². The minimum atomic E-state index is -3.48. The normalized spacial score (nSPS) is 11.9. The van der Waals surface area contributed by atoms with Gasteiger partial charge in [-0.1, -0.05) is 29.0 Å². The van der Waals surface area contributed by atoms with Crippen LogP contribution >= 0.6 is 22.9 Å². The quantitative estimate of drug-likeness (QED) is 0.607. The number of carbonyl (C=O) groups is 1. The Hall–Kier alpha value is -2.07. The molecule has 0 aliphatic carbocycles. The average molecular weight is 425 g/mol. The number of thiazole rings is 1. The lowest BCUT2D eigenvalue weighted by molar-refractivity contribution is -0.118. The number of sulfonamides is 1. The summed E-state index contributed by atoms with van der Waals surface area (Å²) in [4.78, 5) is 22.9. The van der Waals surface area contributed by atoms with E-state index in [0.29, 0.717) is 10.2 Å². The van der Waals surface area contributed by atoms with Gasteiger partial charge in [-0.05, 0) is 29.8 Å². The Bertz CT molecular complexity index is 1070. The maximum atomic E-state index is 12.9. The van der Waals surface area contributed by atoms with Gasteiger partial charge in [-0.2, -0.15) is 4.31 Å². The number of halogens is 1. The summed E-state index contributed by atoms with van der Waals surface area (Å²) in [5.41, 5.74) is 1.53. The van der Waals surface area contributed by atoms with E-state index in [1.165, 1.54) is 23.3 Å². The number of anilines is 1. The van der Waals surface area contributed by atoms with Gasteiger partial charge in [-0.15, -0.1) is 0 Å². The first kappa shape index (κ1) is 19.7. The maximum absolute atomic E-state index is 12.9. The lowest BCUT2D eigenvalue weighted by Crippen LogP contribution is -2.40. The third-order valence-electron chi connectivity index (χ3n) is 3.86. The molecule has 0 unspecified atom stereocenters. The largest absolute Gasteiger partial charge is 0.282 e. The molecule has 0 N–H and O–H groups in total. The molecule has 1 amide bonds. The summed E-state index contributed by atoms with van der Waals surface area (Å²) in [6, 6.07) is 8.93. The molecular weight excluding hydrogens is 408 g/mol. The van der Waals surface area contributed by atoms with Crippen LogP contribution in [0.15, 0.2) is 42.7 Å². The van der Waals surface area contributed by atoms with Crippen LogP contribution in [0.4, 0.5) is 5.13 Å². The summed E-state index contributed by atoms with van der Waals surface area (Å²) in [6.45, 7) is -0.0480. The van der Waals surface area contributed by atoms with Crippen molar-refractivity contribution >= 4 is 54.2 Å². The average Bonchev–Trinajstić information content (AvgIpc) is 3.02. The number of benzene rings is 1. The monoisotopic (exact) mass is 424 g/mol. The molecule has 0 saturated heterocycles. The molecule has 0 radical (unpaired) electrons. The highest BCUT2D eigenvalue weighted by Gasteiger charge is 2.24. The van der Waals surface area contributed by atoms with Crippen LogP contribution in [0.5, 0.6) is 0 Å². The summed E-state index contributed by atoms with van der Waals surface area (Å²) >= 11 is 7.36. The Morgan fingerprint density at radius 2 is 2.07 bits per heavy atom. The first-order valence-corrected chi connectivity index (χ1v) is 10.9. The molecule has 7 nitrogen and oxygen atoms in total. The van der Waals surface area contributed by atoms with E-state index in [1.54, 1.807) is 36.7 Å². The summed E-state index contributed by atoms with van der Waals surface area (Å²) < 4.78 is 25.2. The number of hydrogen-bond acceptors (Lipinski definition) is 6. The Morgan fingerprint density at radius 3 is 2.74 bits per heavy atom. The van der Waals surface area contributed by atoms with Crippen LogP contribution in [0, 0.1) is 0 Å².